The summed E-state index contributed by atoms with van der Waals surface area (Å²) >= 11 is 0. The molecule has 1 fully saturated rings. The van der Waals surface area contributed by atoms with E-state index in [9.17, 15) is 9.90 Å². The van der Waals surface area contributed by atoms with Crippen LogP contribution in [0.3, 0.4) is 0 Å². The van der Waals surface area contributed by atoms with Gasteiger partial charge in [0.1, 0.15) is 5.60 Å². The number of hydrogen-bond acceptors (Lipinski definition) is 5. The van der Waals surface area contributed by atoms with Crippen molar-refractivity contribution < 1.29 is 14.6 Å². The molecule has 0 aromatic carbocycles. The van der Waals surface area contributed by atoms with Crippen LogP contribution in [0.5, 0.6) is 5.75 Å². The lowest BCUT2D eigenvalue weighted by Crippen LogP contribution is -2.40. The normalized spacial score (nSPS) is 16.4. The standard InChI is InChI=1S/C16H25N3O3/c1-16(2,3)22-15(21)18-11-12-6-9-19(10-7-12)14-13(20)5-4-8-17-14/h4-5,8,12,20H,6-7,9-11H2,1-3H3,(H,18,21). The summed E-state index contributed by atoms with van der Waals surface area (Å²) in [6.07, 6.45) is 3.22. The number of aromatic hydroxyl groups is 1. The molecule has 1 aromatic heterocycles. The Bertz CT molecular complexity index is 506. The largest absolute Gasteiger partial charge is 0.504 e. The minimum Gasteiger partial charge on any atom is -0.504 e. The van der Waals surface area contributed by atoms with Crippen molar-refractivity contribution >= 4 is 11.9 Å². The van der Waals surface area contributed by atoms with E-state index >= 15 is 0 Å². The second-order valence-electron chi connectivity index (χ2n) is 6.66. The maximum absolute atomic E-state index is 11.6. The van der Waals surface area contributed by atoms with Crippen molar-refractivity contribution in [2.75, 3.05) is 24.5 Å². The molecule has 1 aliphatic rings. The lowest BCUT2D eigenvalue weighted by Gasteiger charge is -2.33. The third kappa shape index (κ3) is 4.79. The van der Waals surface area contributed by atoms with Crippen LogP contribution >= 0.6 is 0 Å². The minimum absolute atomic E-state index is 0.216. The van der Waals surface area contributed by atoms with Crippen LogP contribution in [0, 0.1) is 5.92 Å². The van der Waals surface area contributed by atoms with Gasteiger partial charge in [-0.2, -0.15) is 0 Å². The zero-order valence-electron chi connectivity index (χ0n) is 13.5. The highest BCUT2D eigenvalue weighted by Crippen LogP contribution is 2.27. The Balaban J connectivity index is 1.76. The van der Waals surface area contributed by atoms with Crippen LogP contribution in [0.4, 0.5) is 10.6 Å². The SMILES string of the molecule is CC(C)(C)OC(=O)NCC1CCN(c2ncccc2O)CC1. The molecule has 2 heterocycles. The molecule has 0 bridgehead atoms. The van der Waals surface area contributed by atoms with Crippen LogP contribution in [0.1, 0.15) is 33.6 Å². The number of nitrogens with one attached hydrogen (secondary N) is 1. The zero-order valence-corrected chi connectivity index (χ0v) is 13.5. The minimum atomic E-state index is -0.468. The number of aromatic nitrogens is 1. The topological polar surface area (TPSA) is 74.7 Å². The van der Waals surface area contributed by atoms with Crippen molar-refractivity contribution in [3.63, 3.8) is 0 Å². The number of rotatable bonds is 3. The van der Waals surface area contributed by atoms with Gasteiger partial charge in [0.05, 0.1) is 0 Å². The van der Waals surface area contributed by atoms with Gasteiger partial charge in [0.15, 0.2) is 11.6 Å². The van der Waals surface area contributed by atoms with Gasteiger partial charge in [-0.25, -0.2) is 9.78 Å². The molecule has 2 rings (SSSR count). The number of piperidine rings is 1. The van der Waals surface area contributed by atoms with E-state index in [0.29, 0.717) is 18.3 Å². The van der Waals surface area contributed by atoms with Crippen molar-refractivity contribution in [2.24, 2.45) is 5.92 Å². The van der Waals surface area contributed by atoms with Crippen molar-refractivity contribution in [3.05, 3.63) is 18.3 Å². The fourth-order valence-corrected chi connectivity index (χ4v) is 2.52. The Morgan fingerprint density at radius 1 is 1.45 bits per heavy atom. The molecule has 2 N–H and O–H groups in total. The van der Waals surface area contributed by atoms with E-state index in [1.807, 2.05) is 20.8 Å². The van der Waals surface area contributed by atoms with Crippen molar-refractivity contribution in [2.45, 2.75) is 39.2 Å². The molecule has 22 heavy (non-hydrogen) atoms. The van der Waals surface area contributed by atoms with Gasteiger partial charge in [-0.3, -0.25) is 0 Å². The summed E-state index contributed by atoms with van der Waals surface area (Å²) in [7, 11) is 0. The van der Waals surface area contributed by atoms with Crippen LogP contribution in [0.15, 0.2) is 18.3 Å². The van der Waals surface area contributed by atoms with Crippen LogP contribution in [-0.2, 0) is 4.74 Å². The van der Waals surface area contributed by atoms with Crippen molar-refractivity contribution in [1.29, 1.82) is 0 Å². The number of ether oxygens (including phenoxy) is 1. The highest BCUT2D eigenvalue weighted by molar-refractivity contribution is 5.67. The predicted octanol–water partition coefficient (Wildman–Crippen LogP) is 2.53. The van der Waals surface area contributed by atoms with Crippen LogP contribution < -0.4 is 10.2 Å². The Morgan fingerprint density at radius 2 is 2.14 bits per heavy atom. The molecule has 6 nitrogen and oxygen atoms in total. The first-order valence-corrected chi connectivity index (χ1v) is 7.71. The fraction of sp³-hybridized carbons (Fsp3) is 0.625. The molecule has 1 amide bonds. The molecule has 6 heteroatoms. The third-order valence-corrected chi connectivity index (χ3v) is 3.61. The predicted molar refractivity (Wildman–Crippen MR) is 85.1 cm³/mol. The van der Waals surface area contributed by atoms with Crippen LogP contribution in [0.2, 0.25) is 0 Å². The highest BCUT2D eigenvalue weighted by atomic mass is 16.6. The summed E-state index contributed by atoms with van der Waals surface area (Å²) in [5, 5.41) is 12.7. The highest BCUT2D eigenvalue weighted by Gasteiger charge is 2.23. The molecule has 1 aliphatic heterocycles. The van der Waals surface area contributed by atoms with E-state index < -0.39 is 5.60 Å². The maximum atomic E-state index is 11.6. The number of carbonyl (C=O) groups is 1. The molecule has 0 saturated carbocycles. The van der Waals surface area contributed by atoms with Gasteiger partial charge >= 0.3 is 6.09 Å². The van der Waals surface area contributed by atoms with E-state index in [0.717, 1.165) is 25.9 Å². The van der Waals surface area contributed by atoms with Gasteiger partial charge in [-0.1, -0.05) is 0 Å². The van der Waals surface area contributed by atoms with E-state index in [1.165, 1.54) is 0 Å². The Kier molecular flexibility index (Phi) is 5.11. The van der Waals surface area contributed by atoms with Gasteiger partial charge in [0, 0.05) is 25.8 Å². The molecule has 0 radical (unpaired) electrons. The van der Waals surface area contributed by atoms with Gasteiger partial charge in [-0.05, 0) is 51.7 Å². The van der Waals surface area contributed by atoms with Crippen molar-refractivity contribution in [3.8, 4) is 5.75 Å². The molecule has 0 unspecified atom stereocenters. The zero-order chi connectivity index (χ0) is 16.2. The summed E-state index contributed by atoms with van der Waals surface area (Å²) < 4.78 is 5.23. The van der Waals surface area contributed by atoms with E-state index in [1.54, 1.807) is 18.3 Å². The molecule has 0 spiro atoms. The molecule has 0 aliphatic carbocycles. The lowest BCUT2D eigenvalue weighted by molar-refractivity contribution is 0.0517. The number of hydrogen-bond donors (Lipinski definition) is 2. The van der Waals surface area contributed by atoms with E-state index in [4.69, 9.17) is 4.74 Å². The average molecular weight is 307 g/mol. The molecule has 1 aromatic rings. The summed E-state index contributed by atoms with van der Waals surface area (Å²) in [6.45, 7) is 7.83. The van der Waals surface area contributed by atoms with Crippen molar-refractivity contribution in [1.82, 2.24) is 10.3 Å². The number of alkyl carbamates (subject to hydrolysis) is 1. The molecular weight excluding hydrogens is 282 g/mol. The number of nitrogens with zero attached hydrogens (tertiary/aromatic N) is 2. The summed E-state index contributed by atoms with van der Waals surface area (Å²) in [4.78, 5) is 18.0. The Morgan fingerprint density at radius 3 is 2.73 bits per heavy atom. The van der Waals surface area contributed by atoms with Gasteiger partial charge in [-0.15, -0.1) is 0 Å². The molecule has 0 atom stereocenters. The molecular formula is C16H25N3O3. The number of carbonyl (C=O) groups excluding carboxylic acids is 1. The first-order valence-electron chi connectivity index (χ1n) is 7.71. The number of anilines is 1. The van der Waals surface area contributed by atoms with Gasteiger partial charge in [0.2, 0.25) is 0 Å². The summed E-state index contributed by atoms with van der Waals surface area (Å²) in [5.41, 5.74) is -0.468. The van der Waals surface area contributed by atoms with Gasteiger partial charge < -0.3 is 20.1 Å². The first-order chi connectivity index (χ1) is 10.3. The second kappa shape index (κ2) is 6.85. The smallest absolute Gasteiger partial charge is 0.407 e. The van der Waals surface area contributed by atoms with Gasteiger partial charge in [0.25, 0.3) is 0 Å². The summed E-state index contributed by atoms with van der Waals surface area (Å²) in [6, 6.07) is 3.37. The van der Waals surface area contributed by atoms with E-state index in [2.05, 4.69) is 15.2 Å². The Hall–Kier alpha value is -1.98. The number of pyridine rings is 1. The van der Waals surface area contributed by atoms with Crippen LogP contribution in [-0.4, -0.2) is 41.4 Å². The monoisotopic (exact) mass is 307 g/mol. The maximum Gasteiger partial charge on any atom is 0.407 e. The van der Waals surface area contributed by atoms with Crippen LogP contribution in [0.25, 0.3) is 0 Å². The lowest BCUT2D eigenvalue weighted by atomic mass is 9.97. The summed E-state index contributed by atoms with van der Waals surface area (Å²) in [5.74, 6) is 1.28. The molecule has 122 valence electrons. The fourth-order valence-electron chi connectivity index (χ4n) is 2.52. The quantitative estimate of drug-likeness (QED) is 0.897. The third-order valence-electron chi connectivity index (χ3n) is 3.61. The Labute approximate surface area is 131 Å². The molecule has 1 saturated heterocycles. The van der Waals surface area contributed by atoms with E-state index in [-0.39, 0.29) is 11.8 Å². The average Bonchev–Trinajstić information content (AvgIpc) is 2.45. The number of amides is 1. The first kappa shape index (κ1) is 16.4. The second-order valence-corrected chi connectivity index (χ2v) is 6.66.